The maximum atomic E-state index is 12.9. The molecule has 0 bridgehead atoms. The predicted molar refractivity (Wildman–Crippen MR) is 109 cm³/mol. The van der Waals surface area contributed by atoms with Crippen molar-refractivity contribution in [1.29, 1.82) is 0 Å². The Morgan fingerprint density at radius 1 is 0.963 bits per heavy atom. The lowest BCUT2D eigenvalue weighted by molar-refractivity contribution is -0.136. The summed E-state index contributed by atoms with van der Waals surface area (Å²) in [7, 11) is 0. The Morgan fingerprint density at radius 2 is 1.70 bits per heavy atom. The maximum Gasteiger partial charge on any atom is 0.223 e. The van der Waals surface area contributed by atoms with Gasteiger partial charge < -0.3 is 10.1 Å². The van der Waals surface area contributed by atoms with E-state index >= 15 is 0 Å². The molecule has 3 fully saturated rings. The van der Waals surface area contributed by atoms with E-state index < -0.39 is 0 Å². The van der Waals surface area contributed by atoms with Crippen LogP contribution in [-0.4, -0.2) is 18.1 Å². The van der Waals surface area contributed by atoms with Crippen LogP contribution < -0.4 is 5.32 Å². The van der Waals surface area contributed by atoms with Gasteiger partial charge in [0, 0.05) is 17.9 Å². The fraction of sp³-hybridized carbons (Fsp3) is 0.682. The summed E-state index contributed by atoms with van der Waals surface area (Å²) in [5.74, 6) is 0.899. The van der Waals surface area contributed by atoms with E-state index in [2.05, 4.69) is 5.32 Å². The molecule has 4 atom stereocenters. The Balaban J connectivity index is 1.50. The van der Waals surface area contributed by atoms with Gasteiger partial charge in [0.15, 0.2) is 0 Å². The first-order chi connectivity index (χ1) is 13.1. The van der Waals surface area contributed by atoms with Gasteiger partial charge in [-0.2, -0.15) is 0 Å². The largest absolute Gasteiger partial charge is 0.370 e. The summed E-state index contributed by atoms with van der Waals surface area (Å²) < 4.78 is 6.48. The molecule has 0 radical (unpaired) electrons. The van der Waals surface area contributed by atoms with Crippen LogP contribution in [0.4, 0.5) is 0 Å². The van der Waals surface area contributed by atoms with E-state index in [1.165, 1.54) is 32.1 Å². The normalized spacial score (nSPS) is 31.9. The van der Waals surface area contributed by atoms with Gasteiger partial charge in [-0.1, -0.05) is 61.4 Å². The Kier molecular flexibility index (Phi) is 6.31. The summed E-state index contributed by atoms with van der Waals surface area (Å²) in [6.45, 7) is 0. The molecule has 2 saturated carbocycles. The molecule has 4 rings (SSSR count). The Hall–Kier alpha value is -0.770. The molecule has 3 aliphatic rings. The number of hydrogen-bond acceptors (Lipinski definition) is 2. The lowest BCUT2D eigenvalue weighted by Crippen LogP contribution is -2.52. The van der Waals surface area contributed by atoms with Crippen molar-refractivity contribution >= 4 is 29.1 Å². The standard InChI is InChI=1S/C22H29Cl2NO2/c23-17-11-10-15(12-18(17)24)21-13-19(16-8-4-5-9-20(16)27-21)25-22(26)14-6-2-1-3-7-14/h10-12,14,16,19-21H,1-9,13H2,(H,25,26)/t16-,19+,20+,21+/m1/s1. The molecule has 1 amide bonds. The quantitative estimate of drug-likeness (QED) is 0.656. The Morgan fingerprint density at radius 3 is 2.48 bits per heavy atom. The first kappa shape index (κ1) is 19.5. The molecule has 148 valence electrons. The molecule has 27 heavy (non-hydrogen) atoms. The first-order valence-corrected chi connectivity index (χ1v) is 11.3. The SMILES string of the molecule is O=C(N[C@H]1C[C@@H](c2ccc(Cl)c(Cl)c2)O[C@H]2CCCC[C@H]12)C1CCCCC1. The smallest absolute Gasteiger partial charge is 0.223 e. The number of rotatable bonds is 3. The van der Waals surface area contributed by atoms with E-state index in [9.17, 15) is 4.79 Å². The van der Waals surface area contributed by atoms with E-state index in [-0.39, 0.29) is 30.1 Å². The molecular weight excluding hydrogens is 381 g/mol. The molecular formula is C22H29Cl2NO2. The second kappa shape index (κ2) is 8.71. The fourth-order valence-corrected chi connectivity index (χ4v) is 5.49. The number of carbonyl (C=O) groups excluding carboxylic acids is 1. The van der Waals surface area contributed by atoms with E-state index in [4.69, 9.17) is 27.9 Å². The number of hydrogen-bond donors (Lipinski definition) is 1. The lowest BCUT2D eigenvalue weighted by atomic mass is 9.76. The highest BCUT2D eigenvalue weighted by Gasteiger charge is 2.41. The summed E-state index contributed by atoms with van der Waals surface area (Å²) in [6.07, 6.45) is 11.4. The van der Waals surface area contributed by atoms with Gasteiger partial charge in [0.2, 0.25) is 5.91 Å². The van der Waals surface area contributed by atoms with Crippen molar-refractivity contribution < 1.29 is 9.53 Å². The van der Waals surface area contributed by atoms with Gasteiger partial charge in [0.05, 0.1) is 22.3 Å². The predicted octanol–water partition coefficient (Wildman–Crippen LogP) is 6.08. The Labute approximate surface area is 172 Å². The van der Waals surface area contributed by atoms with Crippen LogP contribution in [-0.2, 0) is 9.53 Å². The molecule has 3 nitrogen and oxygen atoms in total. The van der Waals surface area contributed by atoms with Gasteiger partial charge in [-0.15, -0.1) is 0 Å². The topological polar surface area (TPSA) is 38.3 Å². The van der Waals surface area contributed by atoms with Gasteiger partial charge in [0.25, 0.3) is 0 Å². The van der Waals surface area contributed by atoms with Crippen LogP contribution in [0.2, 0.25) is 10.0 Å². The van der Waals surface area contributed by atoms with Gasteiger partial charge >= 0.3 is 0 Å². The summed E-state index contributed by atoms with van der Waals surface area (Å²) >= 11 is 12.3. The van der Waals surface area contributed by atoms with E-state index in [1.54, 1.807) is 0 Å². The molecule has 0 unspecified atom stereocenters. The number of fused-ring (bicyclic) bond motifs is 1. The van der Waals surface area contributed by atoms with E-state index in [0.29, 0.717) is 16.0 Å². The second-order valence-electron chi connectivity index (χ2n) is 8.47. The van der Waals surface area contributed by atoms with Crippen LogP contribution in [0.15, 0.2) is 18.2 Å². The molecule has 1 N–H and O–H groups in total. The minimum absolute atomic E-state index is 0.0317. The van der Waals surface area contributed by atoms with Crippen molar-refractivity contribution in [3.63, 3.8) is 0 Å². The minimum Gasteiger partial charge on any atom is -0.370 e. The number of nitrogens with one attached hydrogen (secondary N) is 1. The van der Waals surface area contributed by atoms with E-state index in [0.717, 1.165) is 37.7 Å². The number of benzene rings is 1. The number of halogens is 2. The fourth-order valence-electron chi connectivity index (χ4n) is 5.19. The highest BCUT2D eigenvalue weighted by Crippen LogP contribution is 2.42. The monoisotopic (exact) mass is 409 g/mol. The van der Waals surface area contributed by atoms with Crippen molar-refractivity contribution in [3.05, 3.63) is 33.8 Å². The van der Waals surface area contributed by atoms with Crippen molar-refractivity contribution in [2.75, 3.05) is 0 Å². The third-order valence-corrected chi connectivity index (χ3v) is 7.44. The summed E-state index contributed by atoms with van der Waals surface area (Å²) in [5, 5.41) is 4.56. The summed E-state index contributed by atoms with van der Waals surface area (Å²) in [6, 6.07) is 5.95. The number of ether oxygens (including phenoxy) is 1. The van der Waals surface area contributed by atoms with Crippen LogP contribution in [0.3, 0.4) is 0 Å². The van der Waals surface area contributed by atoms with Crippen LogP contribution >= 0.6 is 23.2 Å². The van der Waals surface area contributed by atoms with Crippen LogP contribution in [0.25, 0.3) is 0 Å². The highest BCUT2D eigenvalue weighted by molar-refractivity contribution is 6.42. The molecule has 1 aromatic carbocycles. The van der Waals surface area contributed by atoms with Crippen LogP contribution in [0, 0.1) is 11.8 Å². The molecule has 1 aliphatic heterocycles. The molecule has 0 spiro atoms. The van der Waals surface area contributed by atoms with Crippen LogP contribution in [0.1, 0.15) is 75.9 Å². The van der Waals surface area contributed by atoms with E-state index in [1.807, 2.05) is 18.2 Å². The van der Waals surface area contributed by atoms with Gasteiger partial charge in [0.1, 0.15) is 0 Å². The lowest BCUT2D eigenvalue weighted by Gasteiger charge is -2.45. The van der Waals surface area contributed by atoms with Gasteiger partial charge in [-0.05, 0) is 49.8 Å². The Bertz CT molecular complexity index is 674. The third-order valence-electron chi connectivity index (χ3n) is 6.70. The number of amides is 1. The average molecular weight is 410 g/mol. The average Bonchev–Trinajstić information content (AvgIpc) is 2.70. The second-order valence-corrected chi connectivity index (χ2v) is 9.29. The zero-order valence-corrected chi connectivity index (χ0v) is 17.3. The summed E-state index contributed by atoms with van der Waals surface area (Å²) in [5.41, 5.74) is 1.06. The molecule has 1 heterocycles. The molecule has 5 heteroatoms. The highest BCUT2D eigenvalue weighted by atomic mass is 35.5. The van der Waals surface area contributed by atoms with Crippen molar-refractivity contribution in [3.8, 4) is 0 Å². The van der Waals surface area contributed by atoms with Gasteiger partial charge in [-0.3, -0.25) is 4.79 Å². The molecule has 2 aliphatic carbocycles. The molecule has 0 aromatic heterocycles. The van der Waals surface area contributed by atoms with Crippen LogP contribution in [0.5, 0.6) is 0 Å². The third kappa shape index (κ3) is 4.46. The van der Waals surface area contributed by atoms with Gasteiger partial charge in [-0.25, -0.2) is 0 Å². The number of carbonyl (C=O) groups is 1. The maximum absolute atomic E-state index is 12.9. The minimum atomic E-state index is -0.0317. The summed E-state index contributed by atoms with van der Waals surface area (Å²) in [4.78, 5) is 12.9. The van der Waals surface area contributed by atoms with Crippen molar-refractivity contribution in [1.82, 2.24) is 5.32 Å². The molecule has 1 saturated heterocycles. The zero-order valence-electron chi connectivity index (χ0n) is 15.8. The zero-order chi connectivity index (χ0) is 18.8. The first-order valence-electron chi connectivity index (χ1n) is 10.5. The van der Waals surface area contributed by atoms with Crippen molar-refractivity contribution in [2.45, 2.75) is 82.5 Å². The van der Waals surface area contributed by atoms with Crippen molar-refractivity contribution in [2.24, 2.45) is 11.8 Å². The molecule has 1 aromatic rings.